The smallest absolute Gasteiger partial charge is 0.251 e. The van der Waals surface area contributed by atoms with Gasteiger partial charge < -0.3 is 5.32 Å². The molecule has 19 heavy (non-hydrogen) atoms. The Bertz CT molecular complexity index is 554. The quantitative estimate of drug-likeness (QED) is 0.888. The van der Waals surface area contributed by atoms with Gasteiger partial charge >= 0.3 is 0 Å². The Hall–Kier alpha value is -2.16. The lowest BCUT2D eigenvalue weighted by atomic mass is 10.0. The van der Waals surface area contributed by atoms with Crippen molar-refractivity contribution in [1.82, 2.24) is 5.32 Å². The van der Waals surface area contributed by atoms with Gasteiger partial charge in [-0.2, -0.15) is 0 Å². The van der Waals surface area contributed by atoms with Crippen molar-refractivity contribution in [2.45, 2.75) is 19.4 Å². The summed E-state index contributed by atoms with van der Waals surface area (Å²) >= 11 is 0. The van der Waals surface area contributed by atoms with Crippen molar-refractivity contribution in [3.05, 3.63) is 71.5 Å². The van der Waals surface area contributed by atoms with Crippen LogP contribution in [0, 0.1) is 5.82 Å². The lowest BCUT2D eigenvalue weighted by molar-refractivity contribution is 0.0935. The minimum Gasteiger partial charge on any atom is -0.345 e. The SMILES string of the molecule is CCC(NC(=O)c1cccc(F)c1)c1ccccc1. The van der Waals surface area contributed by atoms with Crippen molar-refractivity contribution in [1.29, 1.82) is 0 Å². The highest BCUT2D eigenvalue weighted by Crippen LogP contribution is 2.16. The summed E-state index contributed by atoms with van der Waals surface area (Å²) in [6.45, 7) is 2.00. The highest BCUT2D eigenvalue weighted by atomic mass is 19.1. The summed E-state index contributed by atoms with van der Waals surface area (Å²) in [5.41, 5.74) is 1.39. The molecule has 0 aliphatic heterocycles. The molecule has 2 aromatic carbocycles. The average molecular weight is 257 g/mol. The molecule has 2 rings (SSSR count). The molecule has 0 saturated heterocycles. The van der Waals surface area contributed by atoms with Crippen LogP contribution in [-0.2, 0) is 0 Å². The van der Waals surface area contributed by atoms with E-state index in [2.05, 4.69) is 5.32 Å². The molecule has 1 N–H and O–H groups in total. The summed E-state index contributed by atoms with van der Waals surface area (Å²) in [7, 11) is 0. The standard InChI is InChI=1S/C16H16FNO/c1-2-15(12-7-4-3-5-8-12)18-16(19)13-9-6-10-14(17)11-13/h3-11,15H,2H2,1H3,(H,18,19). The molecule has 2 aromatic rings. The number of nitrogens with one attached hydrogen (secondary N) is 1. The van der Waals surface area contributed by atoms with E-state index in [0.29, 0.717) is 5.56 Å². The van der Waals surface area contributed by atoms with Crippen LogP contribution < -0.4 is 5.32 Å². The summed E-state index contributed by atoms with van der Waals surface area (Å²) in [5, 5.41) is 2.92. The number of benzene rings is 2. The number of hydrogen-bond donors (Lipinski definition) is 1. The fourth-order valence-corrected chi connectivity index (χ4v) is 1.98. The molecule has 0 bridgehead atoms. The van der Waals surface area contributed by atoms with Crippen molar-refractivity contribution in [3.8, 4) is 0 Å². The van der Waals surface area contributed by atoms with E-state index in [9.17, 15) is 9.18 Å². The van der Waals surface area contributed by atoms with Gasteiger partial charge in [0.15, 0.2) is 0 Å². The number of amides is 1. The highest BCUT2D eigenvalue weighted by Gasteiger charge is 2.13. The minimum absolute atomic E-state index is 0.0584. The molecule has 0 aromatic heterocycles. The van der Waals surface area contributed by atoms with Crippen LogP contribution in [0.2, 0.25) is 0 Å². The normalized spacial score (nSPS) is 11.9. The van der Waals surface area contributed by atoms with Gasteiger partial charge in [-0.05, 0) is 30.2 Å². The zero-order valence-electron chi connectivity index (χ0n) is 10.8. The summed E-state index contributed by atoms with van der Waals surface area (Å²) in [4.78, 5) is 12.1. The number of rotatable bonds is 4. The van der Waals surface area contributed by atoms with Gasteiger partial charge in [0.25, 0.3) is 5.91 Å². The van der Waals surface area contributed by atoms with Crippen LogP contribution in [0.25, 0.3) is 0 Å². The van der Waals surface area contributed by atoms with Gasteiger partial charge in [0.1, 0.15) is 5.82 Å². The molecule has 98 valence electrons. The monoisotopic (exact) mass is 257 g/mol. The van der Waals surface area contributed by atoms with E-state index in [0.717, 1.165) is 12.0 Å². The summed E-state index contributed by atoms with van der Waals surface area (Å²) in [5.74, 6) is -0.657. The second kappa shape index (κ2) is 6.14. The van der Waals surface area contributed by atoms with Gasteiger partial charge in [-0.1, -0.05) is 43.3 Å². The van der Waals surface area contributed by atoms with Crippen molar-refractivity contribution in [2.24, 2.45) is 0 Å². The third kappa shape index (κ3) is 3.41. The predicted octanol–water partition coefficient (Wildman–Crippen LogP) is 3.71. The van der Waals surface area contributed by atoms with E-state index in [-0.39, 0.29) is 11.9 Å². The molecular weight excluding hydrogens is 241 g/mol. The van der Waals surface area contributed by atoms with Crippen LogP contribution >= 0.6 is 0 Å². The predicted molar refractivity (Wildman–Crippen MR) is 73.3 cm³/mol. The lowest BCUT2D eigenvalue weighted by Gasteiger charge is -2.17. The van der Waals surface area contributed by atoms with Crippen molar-refractivity contribution in [2.75, 3.05) is 0 Å². The molecular formula is C16H16FNO. The zero-order valence-corrected chi connectivity index (χ0v) is 10.8. The Labute approximate surface area is 112 Å². The maximum absolute atomic E-state index is 13.1. The Morgan fingerprint density at radius 1 is 1.16 bits per heavy atom. The van der Waals surface area contributed by atoms with E-state index in [1.165, 1.54) is 18.2 Å². The first-order valence-electron chi connectivity index (χ1n) is 6.32. The summed E-state index contributed by atoms with van der Waals surface area (Å²) in [6, 6.07) is 15.4. The van der Waals surface area contributed by atoms with Crippen molar-refractivity contribution >= 4 is 5.91 Å². The van der Waals surface area contributed by atoms with E-state index < -0.39 is 5.82 Å². The third-order valence-corrected chi connectivity index (χ3v) is 3.00. The Balaban J connectivity index is 2.13. The molecule has 0 saturated carbocycles. The molecule has 1 unspecified atom stereocenters. The fourth-order valence-electron chi connectivity index (χ4n) is 1.98. The van der Waals surface area contributed by atoms with Crippen LogP contribution in [0.3, 0.4) is 0 Å². The van der Waals surface area contributed by atoms with Crippen LogP contribution in [0.5, 0.6) is 0 Å². The van der Waals surface area contributed by atoms with Gasteiger partial charge in [-0.3, -0.25) is 4.79 Å². The Kier molecular flexibility index (Phi) is 4.29. The van der Waals surface area contributed by atoms with Gasteiger partial charge in [-0.15, -0.1) is 0 Å². The maximum atomic E-state index is 13.1. The van der Waals surface area contributed by atoms with Gasteiger partial charge in [0.05, 0.1) is 6.04 Å². The zero-order chi connectivity index (χ0) is 13.7. The van der Waals surface area contributed by atoms with Crippen LogP contribution in [0.1, 0.15) is 35.3 Å². The number of carbonyl (C=O) groups excluding carboxylic acids is 1. The topological polar surface area (TPSA) is 29.1 Å². The van der Waals surface area contributed by atoms with E-state index >= 15 is 0 Å². The van der Waals surface area contributed by atoms with Crippen LogP contribution in [0.15, 0.2) is 54.6 Å². The first-order chi connectivity index (χ1) is 9.20. The molecule has 0 aliphatic rings. The third-order valence-electron chi connectivity index (χ3n) is 3.00. The van der Waals surface area contributed by atoms with Crippen molar-refractivity contribution < 1.29 is 9.18 Å². The molecule has 1 atom stereocenters. The van der Waals surface area contributed by atoms with Gasteiger partial charge in [0.2, 0.25) is 0 Å². The maximum Gasteiger partial charge on any atom is 0.251 e. The van der Waals surface area contributed by atoms with E-state index in [1.807, 2.05) is 37.3 Å². The second-order valence-corrected chi connectivity index (χ2v) is 4.36. The van der Waals surface area contributed by atoms with Gasteiger partial charge in [-0.25, -0.2) is 4.39 Å². The van der Waals surface area contributed by atoms with E-state index in [1.54, 1.807) is 6.07 Å². The first kappa shape index (κ1) is 13.3. The molecule has 0 radical (unpaired) electrons. The number of hydrogen-bond acceptors (Lipinski definition) is 1. The van der Waals surface area contributed by atoms with Gasteiger partial charge in [0, 0.05) is 5.56 Å². The Morgan fingerprint density at radius 2 is 1.89 bits per heavy atom. The van der Waals surface area contributed by atoms with Crippen molar-refractivity contribution in [3.63, 3.8) is 0 Å². The molecule has 1 amide bonds. The molecule has 0 spiro atoms. The number of halogens is 1. The Morgan fingerprint density at radius 3 is 2.53 bits per heavy atom. The molecule has 3 heteroatoms. The molecule has 0 heterocycles. The second-order valence-electron chi connectivity index (χ2n) is 4.36. The number of carbonyl (C=O) groups is 1. The van der Waals surface area contributed by atoms with Crippen LogP contribution in [-0.4, -0.2) is 5.91 Å². The van der Waals surface area contributed by atoms with Crippen LogP contribution in [0.4, 0.5) is 4.39 Å². The molecule has 0 aliphatic carbocycles. The fraction of sp³-hybridized carbons (Fsp3) is 0.188. The van der Waals surface area contributed by atoms with E-state index in [4.69, 9.17) is 0 Å². The first-order valence-corrected chi connectivity index (χ1v) is 6.32. The summed E-state index contributed by atoms with van der Waals surface area (Å²) in [6.07, 6.45) is 0.783. The molecule has 2 nitrogen and oxygen atoms in total. The minimum atomic E-state index is -0.402. The summed E-state index contributed by atoms with van der Waals surface area (Å²) < 4.78 is 13.1. The molecule has 0 fully saturated rings. The lowest BCUT2D eigenvalue weighted by Crippen LogP contribution is -2.28. The average Bonchev–Trinajstić information content (AvgIpc) is 2.45. The largest absolute Gasteiger partial charge is 0.345 e. The highest BCUT2D eigenvalue weighted by molar-refractivity contribution is 5.94.